The van der Waals surface area contributed by atoms with Gasteiger partial charge in [0.2, 0.25) is 0 Å². The summed E-state index contributed by atoms with van der Waals surface area (Å²) >= 11 is 0. The van der Waals surface area contributed by atoms with Crippen molar-refractivity contribution in [2.24, 2.45) is 5.92 Å². The van der Waals surface area contributed by atoms with Crippen LogP contribution in [0, 0.1) is 5.92 Å². The highest BCUT2D eigenvalue weighted by molar-refractivity contribution is 6.81. The molecule has 1 heterocycles. The minimum atomic E-state index is -2.59. The first kappa shape index (κ1) is 20.2. The number of carbonyl (C=O) groups excluding carboxylic acids is 1. The van der Waals surface area contributed by atoms with E-state index >= 15 is 0 Å². The fraction of sp³-hybridized carbons (Fsp3) is 0.786. The summed E-state index contributed by atoms with van der Waals surface area (Å²) in [7, 11) is -7.81. The number of hydrogen-bond donors (Lipinski definition) is 0. The van der Waals surface area contributed by atoms with Gasteiger partial charge in [0.05, 0.1) is 0 Å². The molecule has 2 atom stereocenters. The number of carbonyl (C=O) groups is 1. The lowest BCUT2D eigenvalue weighted by Crippen LogP contribution is -2.56. The Morgan fingerprint density at radius 3 is 2.25 bits per heavy atom. The van der Waals surface area contributed by atoms with Crippen LogP contribution in [-0.4, -0.2) is 48.6 Å². The van der Waals surface area contributed by atoms with Gasteiger partial charge in [0.15, 0.2) is 0 Å². The Kier molecular flexibility index (Phi) is 8.07. The van der Waals surface area contributed by atoms with Crippen LogP contribution in [-0.2, 0) is 26.0 Å². The number of esters is 1. The summed E-state index contributed by atoms with van der Waals surface area (Å²) in [4.78, 5) is 12.0. The summed E-state index contributed by atoms with van der Waals surface area (Å²) in [6, 6.07) is 0. The first-order chi connectivity index (χ1) is 11.4. The molecule has 2 unspecified atom stereocenters. The standard InChI is InChI=1S/C14H30O6Si4/c1-21-17-22(2)19-24(4,20-23(3)18-21)12-16-14(15)11-10-13-8-6-5-7-9-13/h10-11,13,21-23H,5-9,12H2,1-4H3/b11-10+. The normalized spacial score (nSPS) is 36.2. The predicted octanol–water partition coefficient (Wildman–Crippen LogP) is 1.91. The number of allylic oxidation sites excluding steroid dienone is 1. The van der Waals surface area contributed by atoms with Gasteiger partial charge in [0.25, 0.3) is 27.9 Å². The molecule has 0 radical (unpaired) electrons. The molecule has 6 nitrogen and oxygen atoms in total. The Morgan fingerprint density at radius 2 is 1.67 bits per heavy atom. The van der Waals surface area contributed by atoms with Gasteiger partial charge in [-0.3, -0.25) is 0 Å². The molecule has 0 aromatic heterocycles. The fourth-order valence-corrected chi connectivity index (χ4v) is 17.1. The van der Waals surface area contributed by atoms with Crippen molar-refractivity contribution in [3.8, 4) is 0 Å². The zero-order valence-corrected chi connectivity index (χ0v) is 19.6. The van der Waals surface area contributed by atoms with Gasteiger partial charge in [-0.15, -0.1) is 0 Å². The zero-order chi connectivity index (χ0) is 17.6. The van der Waals surface area contributed by atoms with Crippen molar-refractivity contribution >= 4 is 42.4 Å². The van der Waals surface area contributed by atoms with E-state index in [0.717, 1.165) is 0 Å². The van der Waals surface area contributed by atoms with Gasteiger partial charge < -0.3 is 21.2 Å². The lowest BCUT2D eigenvalue weighted by molar-refractivity contribution is -0.136. The highest BCUT2D eigenvalue weighted by Gasteiger charge is 2.40. The van der Waals surface area contributed by atoms with Gasteiger partial charge in [0, 0.05) is 6.08 Å². The monoisotopic (exact) mass is 406 g/mol. The van der Waals surface area contributed by atoms with E-state index in [1.807, 2.05) is 32.3 Å². The van der Waals surface area contributed by atoms with E-state index in [0.29, 0.717) is 5.92 Å². The van der Waals surface area contributed by atoms with Crippen molar-refractivity contribution < 1.29 is 26.0 Å². The first-order valence-corrected chi connectivity index (χ1v) is 17.7. The van der Waals surface area contributed by atoms with Crippen LogP contribution < -0.4 is 0 Å². The number of hydrogen-bond acceptors (Lipinski definition) is 6. The number of ether oxygens (including phenoxy) is 1. The van der Waals surface area contributed by atoms with Gasteiger partial charge in [-0.05, 0) is 44.9 Å². The van der Waals surface area contributed by atoms with E-state index in [4.69, 9.17) is 21.2 Å². The largest absolute Gasteiger partial charge is 0.461 e. The predicted molar refractivity (Wildman–Crippen MR) is 102 cm³/mol. The van der Waals surface area contributed by atoms with Crippen LogP contribution in [0.3, 0.4) is 0 Å². The smallest absolute Gasteiger partial charge is 0.356 e. The summed E-state index contributed by atoms with van der Waals surface area (Å²) in [5.74, 6) is 0.206. The van der Waals surface area contributed by atoms with E-state index < -0.39 is 36.4 Å². The number of rotatable bonds is 4. The molecule has 2 aliphatic rings. The second-order valence-corrected chi connectivity index (χ2v) is 16.7. The van der Waals surface area contributed by atoms with Crippen molar-refractivity contribution in [2.75, 3.05) is 6.23 Å². The van der Waals surface area contributed by atoms with Crippen molar-refractivity contribution in [3.63, 3.8) is 0 Å². The molecule has 0 aromatic carbocycles. The molecule has 0 amide bonds. The SMILES string of the molecule is C[SiH]1O[SiH](C)O[Si](C)(COC(=O)/C=C/C2CCCCC2)O[SiH](C)O1. The van der Waals surface area contributed by atoms with Crippen LogP contribution in [0.25, 0.3) is 0 Å². The molecule has 0 N–H and O–H groups in total. The molecule has 24 heavy (non-hydrogen) atoms. The summed E-state index contributed by atoms with van der Waals surface area (Å²) in [5.41, 5.74) is 0. The molecule has 0 aromatic rings. The topological polar surface area (TPSA) is 63.2 Å². The van der Waals surface area contributed by atoms with Gasteiger partial charge >= 0.3 is 14.5 Å². The van der Waals surface area contributed by atoms with E-state index in [-0.39, 0.29) is 12.2 Å². The van der Waals surface area contributed by atoms with Crippen LogP contribution in [0.1, 0.15) is 32.1 Å². The van der Waals surface area contributed by atoms with E-state index in [9.17, 15) is 4.79 Å². The van der Waals surface area contributed by atoms with Crippen molar-refractivity contribution in [3.05, 3.63) is 12.2 Å². The third-order valence-electron chi connectivity index (χ3n) is 4.23. The molecule has 1 aliphatic carbocycles. The molecule has 0 spiro atoms. The van der Waals surface area contributed by atoms with Crippen LogP contribution in [0.4, 0.5) is 0 Å². The Labute approximate surface area is 151 Å². The highest BCUT2D eigenvalue weighted by Crippen LogP contribution is 2.24. The maximum Gasteiger partial charge on any atom is 0.356 e. The van der Waals surface area contributed by atoms with Crippen molar-refractivity contribution in [1.82, 2.24) is 0 Å². The minimum Gasteiger partial charge on any atom is -0.461 e. The Morgan fingerprint density at radius 1 is 1.08 bits per heavy atom. The van der Waals surface area contributed by atoms with Crippen LogP contribution in [0.15, 0.2) is 12.2 Å². The van der Waals surface area contributed by atoms with Gasteiger partial charge in [-0.25, -0.2) is 4.79 Å². The second kappa shape index (κ2) is 9.57. The maximum atomic E-state index is 12.0. The first-order valence-electron chi connectivity index (χ1n) is 8.88. The lowest BCUT2D eigenvalue weighted by atomic mass is 9.89. The van der Waals surface area contributed by atoms with Gasteiger partial charge in [-0.2, -0.15) is 0 Å². The second-order valence-electron chi connectivity index (χ2n) is 6.71. The fourth-order valence-electron chi connectivity index (χ4n) is 3.22. The molecular formula is C14H30O6Si4. The molecule has 2 rings (SSSR count). The average molecular weight is 407 g/mol. The van der Waals surface area contributed by atoms with Crippen LogP contribution in [0.2, 0.25) is 26.2 Å². The van der Waals surface area contributed by atoms with Crippen molar-refractivity contribution in [2.45, 2.75) is 58.3 Å². The molecule has 2 fully saturated rings. The molecule has 1 saturated carbocycles. The molecule has 138 valence electrons. The summed E-state index contributed by atoms with van der Waals surface area (Å²) < 4.78 is 29.3. The molecule has 0 bridgehead atoms. The Balaban J connectivity index is 1.83. The van der Waals surface area contributed by atoms with Gasteiger partial charge in [0.1, 0.15) is 6.23 Å². The third kappa shape index (κ3) is 7.04. The third-order valence-corrected chi connectivity index (χ3v) is 17.7. The molecule has 10 heteroatoms. The minimum absolute atomic E-state index is 0.193. The highest BCUT2D eigenvalue weighted by atomic mass is 28.5. The summed E-state index contributed by atoms with van der Waals surface area (Å²) in [6.45, 7) is 7.88. The van der Waals surface area contributed by atoms with Crippen LogP contribution >= 0.6 is 0 Å². The maximum absolute atomic E-state index is 12.0. The molecular weight excluding hydrogens is 376 g/mol. The average Bonchev–Trinajstić information content (AvgIpc) is 2.50. The summed E-state index contributed by atoms with van der Waals surface area (Å²) in [6.07, 6.45) is 9.92. The molecule has 1 saturated heterocycles. The van der Waals surface area contributed by atoms with Gasteiger partial charge in [-0.1, -0.05) is 25.3 Å². The van der Waals surface area contributed by atoms with E-state index in [1.165, 1.54) is 32.1 Å². The van der Waals surface area contributed by atoms with Crippen LogP contribution in [0.5, 0.6) is 0 Å². The Hall–Kier alpha value is -0.0825. The summed E-state index contributed by atoms with van der Waals surface area (Å²) in [5, 5.41) is 0. The lowest BCUT2D eigenvalue weighted by Gasteiger charge is -2.36. The zero-order valence-electron chi connectivity index (χ0n) is 15.2. The quantitative estimate of drug-likeness (QED) is 0.404. The molecule has 1 aliphatic heterocycles. The van der Waals surface area contributed by atoms with E-state index in [2.05, 4.69) is 0 Å². The van der Waals surface area contributed by atoms with E-state index in [1.54, 1.807) is 6.08 Å². The Bertz CT molecular complexity index is 429. The van der Waals surface area contributed by atoms with Crippen molar-refractivity contribution in [1.29, 1.82) is 0 Å².